The molecule has 0 radical (unpaired) electrons. The second kappa shape index (κ2) is 8.35. The Labute approximate surface area is 162 Å². The standard InChI is InChI=1S/C20H22N2O4S/c1-14-5-3-6-16(15(14)2)20(25)26-13-18(23)21-8-10-22(11-9-21)19(24)17-7-4-12-27-17/h3-7,12H,8-11,13H2,1-2H3. The van der Waals surface area contributed by atoms with E-state index < -0.39 is 5.97 Å². The zero-order valence-corrected chi connectivity index (χ0v) is 16.3. The van der Waals surface area contributed by atoms with E-state index in [1.807, 2.05) is 31.4 Å². The van der Waals surface area contributed by atoms with Crippen LogP contribution >= 0.6 is 11.3 Å². The number of esters is 1. The average molecular weight is 386 g/mol. The molecule has 3 rings (SSSR count). The van der Waals surface area contributed by atoms with Gasteiger partial charge in [0.1, 0.15) is 0 Å². The zero-order valence-electron chi connectivity index (χ0n) is 15.4. The molecule has 2 amide bonds. The maximum absolute atomic E-state index is 12.3. The normalized spacial score (nSPS) is 14.1. The van der Waals surface area contributed by atoms with Crippen molar-refractivity contribution in [2.45, 2.75) is 13.8 Å². The van der Waals surface area contributed by atoms with Gasteiger partial charge in [0.2, 0.25) is 0 Å². The number of thiophene rings is 1. The number of aryl methyl sites for hydroxylation is 1. The fourth-order valence-electron chi connectivity index (χ4n) is 2.98. The Kier molecular flexibility index (Phi) is 5.91. The van der Waals surface area contributed by atoms with Crippen LogP contribution in [0.3, 0.4) is 0 Å². The number of benzene rings is 1. The Bertz CT molecular complexity index is 840. The Morgan fingerprint density at radius 2 is 1.70 bits per heavy atom. The SMILES string of the molecule is Cc1cccc(C(=O)OCC(=O)N2CCN(C(=O)c3cccs3)CC2)c1C. The van der Waals surface area contributed by atoms with E-state index in [9.17, 15) is 14.4 Å². The predicted molar refractivity (Wildman–Crippen MR) is 103 cm³/mol. The molecular formula is C20H22N2O4S. The molecule has 1 aromatic heterocycles. The predicted octanol–water partition coefficient (Wildman–Crippen LogP) is 2.51. The lowest BCUT2D eigenvalue weighted by Crippen LogP contribution is -2.51. The average Bonchev–Trinajstić information content (AvgIpc) is 3.22. The molecule has 1 saturated heterocycles. The van der Waals surface area contributed by atoms with Gasteiger partial charge in [-0.05, 0) is 42.5 Å². The highest BCUT2D eigenvalue weighted by atomic mass is 32.1. The van der Waals surface area contributed by atoms with Gasteiger partial charge < -0.3 is 14.5 Å². The van der Waals surface area contributed by atoms with Crippen molar-refractivity contribution in [2.75, 3.05) is 32.8 Å². The third kappa shape index (κ3) is 4.36. The highest BCUT2D eigenvalue weighted by Crippen LogP contribution is 2.15. The van der Waals surface area contributed by atoms with Crippen molar-refractivity contribution in [3.05, 3.63) is 57.3 Å². The van der Waals surface area contributed by atoms with Crippen LogP contribution in [0.1, 0.15) is 31.2 Å². The molecule has 0 aliphatic carbocycles. The number of amides is 2. The fraction of sp³-hybridized carbons (Fsp3) is 0.350. The first-order valence-electron chi connectivity index (χ1n) is 8.81. The van der Waals surface area contributed by atoms with Crippen LogP contribution in [-0.2, 0) is 9.53 Å². The first-order valence-corrected chi connectivity index (χ1v) is 9.69. The lowest BCUT2D eigenvalue weighted by atomic mass is 10.0. The molecule has 142 valence electrons. The number of nitrogens with zero attached hydrogens (tertiary/aromatic N) is 2. The molecule has 0 bridgehead atoms. The lowest BCUT2D eigenvalue weighted by Gasteiger charge is -2.34. The maximum Gasteiger partial charge on any atom is 0.338 e. The van der Waals surface area contributed by atoms with Crippen molar-refractivity contribution in [2.24, 2.45) is 0 Å². The third-order valence-corrected chi connectivity index (χ3v) is 5.66. The van der Waals surface area contributed by atoms with Gasteiger partial charge in [-0.15, -0.1) is 11.3 Å². The molecule has 6 nitrogen and oxygen atoms in total. The molecule has 7 heteroatoms. The molecule has 0 spiro atoms. The Hall–Kier alpha value is -2.67. The summed E-state index contributed by atoms with van der Waals surface area (Å²) in [4.78, 5) is 41.0. The van der Waals surface area contributed by atoms with Crippen LogP contribution in [0.2, 0.25) is 0 Å². The van der Waals surface area contributed by atoms with E-state index in [-0.39, 0.29) is 18.4 Å². The van der Waals surface area contributed by atoms with E-state index in [0.717, 1.165) is 11.1 Å². The van der Waals surface area contributed by atoms with Gasteiger partial charge in [-0.2, -0.15) is 0 Å². The van der Waals surface area contributed by atoms with Gasteiger partial charge in [-0.1, -0.05) is 18.2 Å². The number of hydrogen-bond donors (Lipinski definition) is 0. The summed E-state index contributed by atoms with van der Waals surface area (Å²) in [5.74, 6) is -0.730. The Morgan fingerprint density at radius 1 is 1.00 bits per heavy atom. The van der Waals surface area contributed by atoms with Gasteiger partial charge in [-0.3, -0.25) is 9.59 Å². The second-order valence-corrected chi connectivity index (χ2v) is 7.42. The van der Waals surface area contributed by atoms with E-state index in [1.54, 1.807) is 28.0 Å². The third-order valence-electron chi connectivity index (χ3n) is 4.80. The summed E-state index contributed by atoms with van der Waals surface area (Å²) in [5.41, 5.74) is 2.34. The molecule has 0 atom stereocenters. The molecule has 0 saturated carbocycles. The molecule has 0 unspecified atom stereocenters. The number of carbonyl (C=O) groups is 3. The monoisotopic (exact) mass is 386 g/mol. The highest BCUT2D eigenvalue weighted by molar-refractivity contribution is 7.12. The van der Waals surface area contributed by atoms with Crippen molar-refractivity contribution in [1.29, 1.82) is 0 Å². The van der Waals surface area contributed by atoms with Crippen molar-refractivity contribution < 1.29 is 19.1 Å². The van der Waals surface area contributed by atoms with Crippen LogP contribution < -0.4 is 0 Å². The highest BCUT2D eigenvalue weighted by Gasteiger charge is 2.26. The lowest BCUT2D eigenvalue weighted by molar-refractivity contribution is -0.136. The fourth-order valence-corrected chi connectivity index (χ4v) is 3.67. The van der Waals surface area contributed by atoms with Gasteiger partial charge in [0, 0.05) is 26.2 Å². The molecule has 27 heavy (non-hydrogen) atoms. The summed E-state index contributed by atoms with van der Waals surface area (Å²) in [6, 6.07) is 9.07. The summed E-state index contributed by atoms with van der Waals surface area (Å²) in [5, 5.41) is 1.87. The van der Waals surface area contributed by atoms with Crippen molar-refractivity contribution in [3.8, 4) is 0 Å². The number of hydrogen-bond acceptors (Lipinski definition) is 5. The zero-order chi connectivity index (χ0) is 19.4. The molecule has 1 aromatic carbocycles. The minimum absolute atomic E-state index is 0.00144. The first kappa shape index (κ1) is 19.1. The van der Waals surface area contributed by atoms with E-state index in [1.165, 1.54) is 11.3 Å². The number of rotatable bonds is 4. The van der Waals surface area contributed by atoms with Gasteiger partial charge >= 0.3 is 5.97 Å². The van der Waals surface area contributed by atoms with Gasteiger partial charge in [0.05, 0.1) is 10.4 Å². The van der Waals surface area contributed by atoms with Gasteiger partial charge in [0.15, 0.2) is 6.61 Å². The van der Waals surface area contributed by atoms with Crippen LogP contribution in [-0.4, -0.2) is 60.4 Å². The van der Waals surface area contributed by atoms with Crippen molar-refractivity contribution in [3.63, 3.8) is 0 Å². The van der Waals surface area contributed by atoms with Crippen molar-refractivity contribution in [1.82, 2.24) is 9.80 Å². The summed E-state index contributed by atoms with van der Waals surface area (Å²) < 4.78 is 5.20. The minimum atomic E-state index is -0.490. The van der Waals surface area contributed by atoms with E-state index >= 15 is 0 Å². The molecule has 2 heterocycles. The summed E-state index contributed by atoms with van der Waals surface area (Å²) >= 11 is 1.41. The molecule has 1 aliphatic rings. The van der Waals surface area contributed by atoms with E-state index in [2.05, 4.69) is 0 Å². The summed E-state index contributed by atoms with van der Waals surface area (Å²) in [6.07, 6.45) is 0. The Morgan fingerprint density at radius 3 is 2.37 bits per heavy atom. The molecule has 1 fully saturated rings. The van der Waals surface area contributed by atoms with E-state index in [4.69, 9.17) is 4.74 Å². The van der Waals surface area contributed by atoms with Crippen LogP contribution in [0.15, 0.2) is 35.7 Å². The molecule has 0 N–H and O–H groups in total. The first-order chi connectivity index (χ1) is 13.0. The second-order valence-electron chi connectivity index (χ2n) is 6.47. The molecule has 1 aliphatic heterocycles. The number of ether oxygens (including phenoxy) is 1. The van der Waals surface area contributed by atoms with Crippen LogP contribution in [0.25, 0.3) is 0 Å². The van der Waals surface area contributed by atoms with Gasteiger partial charge in [-0.25, -0.2) is 4.79 Å². The smallest absolute Gasteiger partial charge is 0.338 e. The van der Waals surface area contributed by atoms with Crippen LogP contribution in [0.4, 0.5) is 0 Å². The molecule has 2 aromatic rings. The van der Waals surface area contributed by atoms with Crippen molar-refractivity contribution >= 4 is 29.1 Å². The largest absolute Gasteiger partial charge is 0.452 e. The number of piperazine rings is 1. The summed E-state index contributed by atoms with van der Waals surface area (Å²) in [6.45, 7) is 5.34. The number of carbonyl (C=O) groups excluding carboxylic acids is 3. The Balaban J connectivity index is 1.49. The topological polar surface area (TPSA) is 66.9 Å². The van der Waals surface area contributed by atoms with Gasteiger partial charge in [0.25, 0.3) is 11.8 Å². The van der Waals surface area contributed by atoms with E-state index in [0.29, 0.717) is 36.6 Å². The summed E-state index contributed by atoms with van der Waals surface area (Å²) in [7, 11) is 0. The van der Waals surface area contributed by atoms with Crippen LogP contribution in [0, 0.1) is 13.8 Å². The van der Waals surface area contributed by atoms with Crippen LogP contribution in [0.5, 0.6) is 0 Å². The quantitative estimate of drug-likeness (QED) is 0.758. The minimum Gasteiger partial charge on any atom is -0.452 e. The molecular weight excluding hydrogens is 364 g/mol. The maximum atomic E-state index is 12.3.